The van der Waals surface area contributed by atoms with E-state index >= 15 is 0 Å². The highest BCUT2D eigenvalue weighted by Gasteiger charge is 2.29. The zero-order chi connectivity index (χ0) is 47.8. The lowest BCUT2D eigenvalue weighted by molar-refractivity contribution is 0.304. The summed E-state index contributed by atoms with van der Waals surface area (Å²) in [7, 11) is -19.3. The van der Waals surface area contributed by atoms with Gasteiger partial charge in [-0.05, 0) is 92.3 Å². The molecule has 0 saturated heterocycles. The minimum Gasteiger partial charge on any atom is -0.395 e. The van der Waals surface area contributed by atoms with Gasteiger partial charge in [0, 0.05) is 39.8 Å². The van der Waals surface area contributed by atoms with Crippen molar-refractivity contribution in [1.82, 2.24) is 15.0 Å². The summed E-state index contributed by atoms with van der Waals surface area (Å²) in [6.07, 6.45) is 1.64. The highest BCUT2D eigenvalue weighted by molar-refractivity contribution is 7.87. The van der Waals surface area contributed by atoms with Crippen LogP contribution in [0, 0.1) is 12.8 Å². The largest absolute Gasteiger partial charge is 0.395 e. The van der Waals surface area contributed by atoms with Crippen LogP contribution in [0.2, 0.25) is 0 Å². The number of aliphatic hydroxyl groups excluding tert-OH is 1. The predicted octanol–water partition coefficient (Wildman–Crippen LogP) is 6.79. The number of anilines is 4. The topological polar surface area (TPSA) is 362 Å². The molecule has 3 unspecified atom stereocenters. The van der Waals surface area contributed by atoms with Crippen LogP contribution in [0.25, 0.3) is 21.5 Å². The van der Waals surface area contributed by atoms with Gasteiger partial charge in [-0.15, -0.1) is 0 Å². The first-order chi connectivity index (χ1) is 31.0. The molecule has 1 aliphatic rings. The van der Waals surface area contributed by atoms with E-state index < -0.39 is 60.1 Å². The molecule has 348 valence electrons. The van der Waals surface area contributed by atoms with Crippen LogP contribution in [0.5, 0.6) is 0 Å². The Hall–Kier alpha value is -6.17. The van der Waals surface area contributed by atoms with Gasteiger partial charge in [0.2, 0.25) is 17.8 Å². The highest BCUT2D eigenvalue weighted by Crippen LogP contribution is 2.37. The van der Waals surface area contributed by atoms with Crippen molar-refractivity contribution in [3.8, 4) is 0 Å². The monoisotopic (exact) mass is 984 g/mol. The van der Waals surface area contributed by atoms with E-state index in [-0.39, 0.29) is 81.9 Å². The molecule has 3 atom stereocenters. The minimum atomic E-state index is -4.86. The number of nitrogens with zero attached hydrogens (tertiary/aromatic N) is 7. The summed E-state index contributed by atoms with van der Waals surface area (Å²) < 4.78 is 137. The van der Waals surface area contributed by atoms with Crippen LogP contribution < -0.4 is 16.0 Å². The van der Waals surface area contributed by atoms with Crippen molar-refractivity contribution >= 4 is 103 Å². The first-order valence-corrected chi connectivity index (χ1v) is 25.3. The lowest BCUT2D eigenvalue weighted by atomic mass is 9.83. The number of aliphatic hydroxyl groups is 1. The third-order valence-corrected chi connectivity index (χ3v) is 14.1. The van der Waals surface area contributed by atoms with E-state index in [2.05, 4.69) is 51.4 Å². The standard InChI is InChI=1S/C39H40N10O13S4/c1-21-15-23(9-11-31(21)48-46-25-17-29-27(35(19-25)65(57,58)59)5-3-7-33(29)63(51,52)53)41-38-43-37(40-13-14-50)44-39(45-38)42-24-10-12-32(22(2)16-24)49-47-26-18-30-28(36(20-26)66(60,61)62)6-4-8-34(30)64(54,55)56/h3-9,11,15,17-20,22,24,32,50H,10,12-14,16H2,1-2H3,(H,51,52,53)(H,54,55,56)(H,57,58,59)(H,60,61,62)(H3,40,41,42,43,44,45). The average Bonchev–Trinajstić information content (AvgIpc) is 3.22. The third-order valence-electron chi connectivity index (χ3n) is 10.5. The molecular formula is C39H40N10O13S4. The second-order valence-corrected chi connectivity index (χ2v) is 20.7. The Morgan fingerprint density at radius 3 is 1.70 bits per heavy atom. The van der Waals surface area contributed by atoms with Gasteiger partial charge in [-0.1, -0.05) is 31.2 Å². The lowest BCUT2D eigenvalue weighted by Gasteiger charge is -2.31. The van der Waals surface area contributed by atoms with Crippen LogP contribution in [-0.4, -0.2) is 97.2 Å². The Kier molecular flexibility index (Phi) is 13.5. The fourth-order valence-electron chi connectivity index (χ4n) is 7.45. The summed E-state index contributed by atoms with van der Waals surface area (Å²) in [4.78, 5) is 11.0. The number of aromatic nitrogens is 3. The maximum Gasteiger partial charge on any atom is 0.295 e. The highest BCUT2D eigenvalue weighted by atomic mass is 32.2. The van der Waals surface area contributed by atoms with Gasteiger partial charge < -0.3 is 21.1 Å². The molecule has 27 heteroatoms. The molecule has 6 aromatic rings. The van der Waals surface area contributed by atoms with Gasteiger partial charge in [-0.3, -0.25) is 18.2 Å². The Morgan fingerprint density at radius 2 is 1.17 bits per heavy atom. The van der Waals surface area contributed by atoms with Crippen LogP contribution in [0.1, 0.15) is 31.7 Å². The van der Waals surface area contributed by atoms with Crippen LogP contribution >= 0.6 is 0 Å². The van der Waals surface area contributed by atoms with Crippen molar-refractivity contribution in [2.75, 3.05) is 29.1 Å². The fraction of sp³-hybridized carbons (Fsp3) is 0.256. The van der Waals surface area contributed by atoms with E-state index in [0.29, 0.717) is 36.2 Å². The predicted molar refractivity (Wildman–Crippen MR) is 240 cm³/mol. The van der Waals surface area contributed by atoms with E-state index in [9.17, 15) is 57.0 Å². The second-order valence-electron chi connectivity index (χ2n) is 15.2. The molecule has 0 spiro atoms. The number of nitrogens with one attached hydrogen (secondary N) is 3. The summed E-state index contributed by atoms with van der Waals surface area (Å²) in [6.45, 7) is 3.58. The van der Waals surface area contributed by atoms with E-state index in [0.717, 1.165) is 24.3 Å². The Balaban J connectivity index is 1.07. The molecule has 0 bridgehead atoms. The molecule has 1 fully saturated rings. The van der Waals surface area contributed by atoms with Gasteiger partial charge in [-0.2, -0.15) is 69.1 Å². The summed E-state index contributed by atoms with van der Waals surface area (Å²) in [5, 5.41) is 35.1. The third kappa shape index (κ3) is 11.1. The van der Waals surface area contributed by atoms with Crippen molar-refractivity contribution in [3.63, 3.8) is 0 Å². The number of azo groups is 2. The van der Waals surface area contributed by atoms with E-state index in [4.69, 9.17) is 0 Å². The second kappa shape index (κ2) is 18.6. The van der Waals surface area contributed by atoms with Crippen molar-refractivity contribution in [3.05, 3.63) is 84.4 Å². The summed E-state index contributed by atoms with van der Waals surface area (Å²) in [6, 6.07) is 16.1. The Bertz CT molecular complexity index is 3410. The minimum absolute atomic E-state index is 0.0574. The number of benzene rings is 5. The Morgan fingerprint density at radius 1 is 0.621 bits per heavy atom. The van der Waals surface area contributed by atoms with Crippen molar-refractivity contribution in [1.29, 1.82) is 0 Å². The number of fused-ring (bicyclic) bond motifs is 2. The first-order valence-electron chi connectivity index (χ1n) is 19.6. The molecule has 5 aromatic carbocycles. The number of hydrogen-bond acceptors (Lipinski definition) is 19. The Labute approximate surface area is 377 Å². The molecular weight excluding hydrogens is 945 g/mol. The summed E-state index contributed by atoms with van der Waals surface area (Å²) in [5.41, 5.74) is 1.23. The fourth-order valence-corrected chi connectivity index (χ4v) is 10.3. The van der Waals surface area contributed by atoms with Crippen LogP contribution in [0.3, 0.4) is 0 Å². The van der Waals surface area contributed by atoms with Crippen molar-refractivity contribution < 1.29 is 57.0 Å². The maximum absolute atomic E-state index is 12.3. The van der Waals surface area contributed by atoms with Crippen LogP contribution in [0.4, 0.5) is 40.6 Å². The normalized spacial score (nSPS) is 17.5. The smallest absolute Gasteiger partial charge is 0.295 e. The molecule has 0 radical (unpaired) electrons. The molecule has 0 aliphatic heterocycles. The van der Waals surface area contributed by atoms with Crippen molar-refractivity contribution in [2.24, 2.45) is 26.4 Å². The molecule has 1 aromatic heterocycles. The lowest BCUT2D eigenvalue weighted by Crippen LogP contribution is -2.34. The van der Waals surface area contributed by atoms with Crippen LogP contribution in [0.15, 0.2) is 119 Å². The number of rotatable bonds is 15. The van der Waals surface area contributed by atoms with Gasteiger partial charge in [0.15, 0.2) is 0 Å². The van der Waals surface area contributed by atoms with Crippen LogP contribution in [-0.2, 0) is 40.5 Å². The number of aryl methyl sites for hydroxylation is 1. The maximum atomic E-state index is 12.3. The van der Waals surface area contributed by atoms with Gasteiger partial charge in [0.1, 0.15) is 19.6 Å². The molecule has 1 saturated carbocycles. The molecule has 8 N–H and O–H groups in total. The zero-order valence-corrected chi connectivity index (χ0v) is 37.8. The summed E-state index contributed by atoms with van der Waals surface area (Å²) >= 11 is 0. The quantitative estimate of drug-likeness (QED) is 0.0387. The average molecular weight is 985 g/mol. The molecule has 1 heterocycles. The van der Waals surface area contributed by atoms with Gasteiger partial charge in [0.05, 0.1) is 29.7 Å². The molecule has 0 amide bonds. The first kappa shape index (κ1) is 47.8. The summed E-state index contributed by atoms with van der Waals surface area (Å²) in [5.74, 6) is 0.390. The van der Waals surface area contributed by atoms with Gasteiger partial charge in [0.25, 0.3) is 40.5 Å². The van der Waals surface area contributed by atoms with E-state index in [1.54, 1.807) is 25.1 Å². The van der Waals surface area contributed by atoms with Crippen molar-refractivity contribution in [2.45, 2.75) is 64.8 Å². The molecule has 66 heavy (non-hydrogen) atoms. The van der Waals surface area contributed by atoms with E-state index in [1.807, 2.05) is 6.92 Å². The van der Waals surface area contributed by atoms with Gasteiger partial charge in [-0.25, -0.2) is 0 Å². The van der Waals surface area contributed by atoms with E-state index in [1.165, 1.54) is 36.4 Å². The van der Waals surface area contributed by atoms with Gasteiger partial charge >= 0.3 is 0 Å². The SMILES string of the molecule is Cc1cc(Nc2nc(NCCO)nc(NC3CCC(N=Nc4cc(S(=O)(=O)O)c5cccc(S(=O)(=O)O)c5c4)C(C)C3)n2)ccc1N=Nc1cc(S(=O)(=O)O)c2cccc(S(=O)(=O)O)c2c1. The zero-order valence-electron chi connectivity index (χ0n) is 34.5. The molecule has 23 nitrogen and oxygen atoms in total. The number of hydrogen-bond donors (Lipinski definition) is 8. The molecule has 7 rings (SSSR count). The molecule has 1 aliphatic carbocycles.